The van der Waals surface area contributed by atoms with Gasteiger partial charge in [0, 0.05) is 32.1 Å². The van der Waals surface area contributed by atoms with Crippen molar-refractivity contribution in [1.29, 1.82) is 0 Å². The largest absolute Gasteiger partial charge is 0.486 e. The molecule has 2 aliphatic heterocycles. The first-order valence-corrected chi connectivity index (χ1v) is 9.89. The fourth-order valence-corrected chi connectivity index (χ4v) is 3.56. The highest BCUT2D eigenvalue weighted by Crippen LogP contribution is 2.38. The lowest BCUT2D eigenvalue weighted by Gasteiger charge is -2.20. The molecule has 1 atom stereocenters. The lowest BCUT2D eigenvalue weighted by molar-refractivity contribution is -0.129. The third kappa shape index (κ3) is 4.97. The maximum atomic E-state index is 11.8. The molecule has 8 heteroatoms. The number of amides is 1. The zero-order valence-corrected chi connectivity index (χ0v) is 16.6. The number of rotatable bonds is 5. The van der Waals surface area contributed by atoms with Crippen LogP contribution >= 0.6 is 11.6 Å². The summed E-state index contributed by atoms with van der Waals surface area (Å²) >= 11 is 6.30. The number of hydrogen-bond donors (Lipinski definition) is 2. The Balaban J connectivity index is 1.64. The van der Waals surface area contributed by atoms with Gasteiger partial charge in [-0.05, 0) is 31.0 Å². The summed E-state index contributed by atoms with van der Waals surface area (Å²) in [6.07, 6.45) is 1.47. The zero-order valence-electron chi connectivity index (χ0n) is 15.9. The van der Waals surface area contributed by atoms with E-state index in [2.05, 4.69) is 15.6 Å². The molecular weight excluding hydrogens is 368 g/mol. The molecule has 2 aliphatic rings. The van der Waals surface area contributed by atoms with E-state index >= 15 is 0 Å². The van der Waals surface area contributed by atoms with Crippen LogP contribution in [0.3, 0.4) is 0 Å². The van der Waals surface area contributed by atoms with E-state index in [0.29, 0.717) is 49.2 Å². The Labute approximate surface area is 165 Å². The molecule has 0 saturated carbocycles. The molecule has 0 aromatic heterocycles. The Kier molecular flexibility index (Phi) is 6.66. The van der Waals surface area contributed by atoms with Crippen molar-refractivity contribution in [2.24, 2.45) is 4.99 Å². The molecule has 7 nitrogen and oxygen atoms in total. The first-order chi connectivity index (χ1) is 13.1. The van der Waals surface area contributed by atoms with E-state index in [1.165, 1.54) is 0 Å². The molecule has 0 aliphatic carbocycles. The average Bonchev–Trinajstić information content (AvgIpc) is 3.14. The van der Waals surface area contributed by atoms with Crippen LogP contribution in [-0.2, 0) is 11.3 Å². The van der Waals surface area contributed by atoms with Gasteiger partial charge in [-0.3, -0.25) is 4.79 Å². The first-order valence-electron chi connectivity index (χ1n) is 9.51. The standard InChI is InChI=1S/C19H27ClN4O3/c1-3-17(25)24-6-5-14(12-24)23-19(21-4-2)22-11-13-9-15(20)18-16(10-13)26-7-8-27-18/h9-10,14H,3-8,11-12H2,1-2H3,(H2,21,22,23). The second-order valence-electron chi connectivity index (χ2n) is 6.62. The fraction of sp³-hybridized carbons (Fsp3) is 0.579. The Morgan fingerprint density at radius 1 is 1.33 bits per heavy atom. The van der Waals surface area contributed by atoms with E-state index in [4.69, 9.17) is 21.1 Å². The van der Waals surface area contributed by atoms with Gasteiger partial charge in [-0.25, -0.2) is 4.99 Å². The third-order valence-corrected chi connectivity index (χ3v) is 4.89. The summed E-state index contributed by atoms with van der Waals surface area (Å²) in [6, 6.07) is 3.99. The van der Waals surface area contributed by atoms with Crippen molar-refractivity contribution >= 4 is 23.5 Å². The highest BCUT2D eigenvalue weighted by Gasteiger charge is 2.25. The average molecular weight is 395 g/mol. The van der Waals surface area contributed by atoms with E-state index in [1.807, 2.05) is 30.9 Å². The molecule has 1 aromatic rings. The normalized spacial score (nSPS) is 19.1. The van der Waals surface area contributed by atoms with Gasteiger partial charge in [0.1, 0.15) is 13.2 Å². The molecule has 27 heavy (non-hydrogen) atoms. The number of halogens is 1. The maximum absolute atomic E-state index is 11.8. The van der Waals surface area contributed by atoms with Crippen LogP contribution in [-0.4, -0.2) is 55.7 Å². The molecule has 2 heterocycles. The predicted molar refractivity (Wildman–Crippen MR) is 106 cm³/mol. The minimum atomic E-state index is 0.201. The van der Waals surface area contributed by atoms with E-state index in [9.17, 15) is 4.79 Å². The van der Waals surface area contributed by atoms with Gasteiger partial charge in [-0.15, -0.1) is 0 Å². The molecule has 1 amide bonds. The number of likely N-dealkylation sites (tertiary alicyclic amines) is 1. The Hall–Kier alpha value is -2.15. The molecule has 1 aromatic carbocycles. The number of guanidine groups is 1. The number of ether oxygens (including phenoxy) is 2. The number of benzene rings is 1. The number of carbonyl (C=O) groups excluding carboxylic acids is 1. The highest BCUT2D eigenvalue weighted by atomic mass is 35.5. The summed E-state index contributed by atoms with van der Waals surface area (Å²) in [4.78, 5) is 18.4. The van der Waals surface area contributed by atoms with Gasteiger partial charge in [0.2, 0.25) is 5.91 Å². The monoisotopic (exact) mass is 394 g/mol. The molecular formula is C19H27ClN4O3. The lowest BCUT2D eigenvalue weighted by Crippen LogP contribution is -2.45. The van der Waals surface area contributed by atoms with Gasteiger partial charge in [0.25, 0.3) is 0 Å². The number of hydrogen-bond acceptors (Lipinski definition) is 4. The van der Waals surface area contributed by atoms with Crippen LogP contribution in [0.4, 0.5) is 0 Å². The number of carbonyl (C=O) groups is 1. The Morgan fingerprint density at radius 2 is 2.15 bits per heavy atom. The summed E-state index contributed by atoms with van der Waals surface area (Å²) in [5, 5.41) is 7.23. The van der Waals surface area contributed by atoms with Gasteiger partial charge in [0.05, 0.1) is 11.6 Å². The van der Waals surface area contributed by atoms with Crippen LogP contribution in [0.1, 0.15) is 32.3 Å². The number of aliphatic imine (C=N–C) groups is 1. The second-order valence-corrected chi connectivity index (χ2v) is 7.03. The topological polar surface area (TPSA) is 75.2 Å². The van der Waals surface area contributed by atoms with Crippen molar-refractivity contribution in [3.63, 3.8) is 0 Å². The fourth-order valence-electron chi connectivity index (χ4n) is 3.27. The van der Waals surface area contributed by atoms with Crippen LogP contribution in [0.25, 0.3) is 0 Å². The third-order valence-electron chi connectivity index (χ3n) is 4.60. The number of nitrogens with zero attached hydrogens (tertiary/aromatic N) is 2. The number of nitrogens with one attached hydrogen (secondary N) is 2. The van der Waals surface area contributed by atoms with Gasteiger partial charge < -0.3 is 25.0 Å². The molecule has 0 radical (unpaired) electrons. The highest BCUT2D eigenvalue weighted by molar-refractivity contribution is 6.32. The van der Waals surface area contributed by atoms with Crippen molar-refractivity contribution in [2.45, 2.75) is 39.3 Å². The quantitative estimate of drug-likeness (QED) is 0.591. The summed E-state index contributed by atoms with van der Waals surface area (Å²) in [5.74, 6) is 2.21. The Morgan fingerprint density at radius 3 is 2.93 bits per heavy atom. The van der Waals surface area contributed by atoms with Gasteiger partial charge in [0.15, 0.2) is 17.5 Å². The van der Waals surface area contributed by atoms with Gasteiger partial charge in [-0.1, -0.05) is 18.5 Å². The molecule has 2 N–H and O–H groups in total. The molecule has 3 rings (SSSR count). The van der Waals surface area contributed by atoms with E-state index in [1.54, 1.807) is 0 Å². The summed E-state index contributed by atoms with van der Waals surface area (Å²) in [7, 11) is 0. The van der Waals surface area contributed by atoms with Crippen LogP contribution in [0.2, 0.25) is 5.02 Å². The van der Waals surface area contributed by atoms with Gasteiger partial charge in [-0.2, -0.15) is 0 Å². The Bertz CT molecular complexity index is 710. The predicted octanol–water partition coefficient (Wildman–Crippen LogP) is 2.18. The first kappa shape index (κ1) is 19.6. The summed E-state index contributed by atoms with van der Waals surface area (Å²) < 4.78 is 11.2. The lowest BCUT2D eigenvalue weighted by atomic mass is 10.2. The maximum Gasteiger partial charge on any atom is 0.222 e. The van der Waals surface area contributed by atoms with Crippen LogP contribution in [0.5, 0.6) is 11.5 Å². The molecule has 1 unspecified atom stereocenters. The molecule has 0 spiro atoms. The molecule has 1 saturated heterocycles. The van der Waals surface area contributed by atoms with Crippen LogP contribution in [0.15, 0.2) is 17.1 Å². The van der Waals surface area contributed by atoms with Crippen molar-refractivity contribution in [3.8, 4) is 11.5 Å². The molecule has 148 valence electrons. The van der Waals surface area contributed by atoms with Crippen LogP contribution < -0.4 is 20.1 Å². The smallest absolute Gasteiger partial charge is 0.222 e. The van der Waals surface area contributed by atoms with Crippen LogP contribution in [0, 0.1) is 0 Å². The second kappa shape index (κ2) is 9.17. The van der Waals surface area contributed by atoms with E-state index in [0.717, 1.165) is 31.0 Å². The zero-order chi connectivity index (χ0) is 19.2. The van der Waals surface area contributed by atoms with Gasteiger partial charge >= 0.3 is 0 Å². The molecule has 0 bridgehead atoms. The summed E-state index contributed by atoms with van der Waals surface area (Å²) in [5.41, 5.74) is 0.954. The summed E-state index contributed by atoms with van der Waals surface area (Å²) in [6.45, 7) is 7.70. The van der Waals surface area contributed by atoms with E-state index in [-0.39, 0.29) is 11.9 Å². The van der Waals surface area contributed by atoms with E-state index < -0.39 is 0 Å². The van der Waals surface area contributed by atoms with Crippen molar-refractivity contribution in [3.05, 3.63) is 22.7 Å². The van der Waals surface area contributed by atoms with Crippen molar-refractivity contribution in [2.75, 3.05) is 32.8 Å². The SMILES string of the molecule is CCNC(=NCc1cc(Cl)c2c(c1)OCCO2)NC1CCN(C(=O)CC)C1. The molecule has 1 fully saturated rings. The minimum absolute atomic E-state index is 0.201. The van der Waals surface area contributed by atoms with Crippen molar-refractivity contribution < 1.29 is 14.3 Å². The minimum Gasteiger partial charge on any atom is -0.486 e. The van der Waals surface area contributed by atoms with Crippen molar-refractivity contribution in [1.82, 2.24) is 15.5 Å². The number of fused-ring (bicyclic) bond motifs is 1.